The van der Waals surface area contributed by atoms with Gasteiger partial charge in [0.1, 0.15) is 17.9 Å². The monoisotopic (exact) mass is 458 g/mol. The molecule has 9 nitrogen and oxygen atoms in total. The van der Waals surface area contributed by atoms with Crippen LogP contribution in [0.4, 0.5) is 0 Å². The van der Waals surface area contributed by atoms with Crippen molar-refractivity contribution in [3.05, 3.63) is 59.2 Å². The van der Waals surface area contributed by atoms with Crippen LogP contribution in [0.5, 0.6) is 11.5 Å². The van der Waals surface area contributed by atoms with E-state index in [1.54, 1.807) is 30.3 Å². The van der Waals surface area contributed by atoms with Gasteiger partial charge < -0.3 is 40.0 Å². The van der Waals surface area contributed by atoms with Crippen LogP contribution in [0.3, 0.4) is 0 Å². The molecule has 2 heterocycles. The van der Waals surface area contributed by atoms with Crippen LogP contribution in [-0.4, -0.2) is 52.8 Å². The van der Waals surface area contributed by atoms with Gasteiger partial charge in [-0.3, -0.25) is 4.79 Å². The minimum Gasteiger partial charge on any atom is -0.669 e. The van der Waals surface area contributed by atoms with E-state index < -0.39 is 24.9 Å². The SMILES string of the molecule is N[C@@H](C(=O)N1CC(Oc2ccc3c(c2C(=O)[O-])O[B-](O)(O)CC3)C1)c1ccccc1.[Na+].[Na+]. The second-order valence-electron chi connectivity index (χ2n) is 7.60. The Morgan fingerprint density at radius 3 is 2.44 bits per heavy atom. The van der Waals surface area contributed by atoms with Gasteiger partial charge in [-0.25, -0.2) is 0 Å². The fraction of sp³-hybridized carbons (Fsp3) is 0.300. The molecule has 4 rings (SSSR count). The summed E-state index contributed by atoms with van der Waals surface area (Å²) in [5, 5.41) is 31.3. The van der Waals surface area contributed by atoms with Gasteiger partial charge in [-0.1, -0.05) is 42.7 Å². The van der Waals surface area contributed by atoms with E-state index in [1.165, 1.54) is 11.0 Å². The third-order valence-corrected chi connectivity index (χ3v) is 5.38. The molecule has 2 aromatic carbocycles. The number of carbonyl (C=O) groups is 2. The van der Waals surface area contributed by atoms with Gasteiger partial charge in [0.25, 0.3) is 0 Å². The van der Waals surface area contributed by atoms with E-state index >= 15 is 0 Å². The second kappa shape index (κ2) is 10.9. The number of nitrogens with zero attached hydrogens (tertiary/aromatic N) is 1. The van der Waals surface area contributed by atoms with E-state index in [-0.39, 0.29) is 108 Å². The number of carboxylic acid groups (broad SMARTS) is 1. The van der Waals surface area contributed by atoms with E-state index in [0.29, 0.717) is 11.1 Å². The van der Waals surface area contributed by atoms with E-state index in [9.17, 15) is 24.7 Å². The van der Waals surface area contributed by atoms with Gasteiger partial charge in [0.2, 0.25) is 5.91 Å². The summed E-state index contributed by atoms with van der Waals surface area (Å²) in [5.74, 6) is -1.95. The predicted octanol–water partition coefficient (Wildman–Crippen LogP) is -6.79. The molecule has 0 saturated carbocycles. The number of hydrogen-bond donors (Lipinski definition) is 3. The summed E-state index contributed by atoms with van der Waals surface area (Å²) in [5.41, 5.74) is 6.90. The quantitative estimate of drug-likeness (QED) is 0.375. The molecule has 158 valence electrons. The fourth-order valence-corrected chi connectivity index (χ4v) is 3.69. The molecule has 0 spiro atoms. The van der Waals surface area contributed by atoms with Gasteiger partial charge >= 0.3 is 65.9 Å². The summed E-state index contributed by atoms with van der Waals surface area (Å²) in [6.45, 7) is -2.64. The molecule has 0 bridgehead atoms. The average Bonchev–Trinajstić information content (AvgIpc) is 2.68. The Hall–Kier alpha value is -1.08. The van der Waals surface area contributed by atoms with Crippen LogP contribution in [0.2, 0.25) is 6.32 Å². The number of hydrogen-bond acceptors (Lipinski definition) is 8. The van der Waals surface area contributed by atoms with Crippen LogP contribution in [0.15, 0.2) is 42.5 Å². The van der Waals surface area contributed by atoms with Crippen molar-refractivity contribution in [2.75, 3.05) is 13.1 Å². The Bertz CT molecular complexity index is 987. The number of carbonyl (C=O) groups excluding carboxylic acids is 2. The van der Waals surface area contributed by atoms with Gasteiger partial charge in [0.05, 0.1) is 30.4 Å². The first kappa shape index (κ1) is 27.2. The molecule has 4 N–H and O–H groups in total. The maximum absolute atomic E-state index is 12.5. The zero-order valence-corrected chi connectivity index (χ0v) is 22.1. The van der Waals surface area contributed by atoms with Crippen LogP contribution < -0.4 is 79.3 Å². The van der Waals surface area contributed by atoms with Crippen molar-refractivity contribution in [1.29, 1.82) is 0 Å². The van der Waals surface area contributed by atoms with Crippen LogP contribution in [0, 0.1) is 0 Å². The first-order chi connectivity index (χ1) is 14.2. The molecule has 0 unspecified atom stereocenters. The molecule has 0 aromatic heterocycles. The number of ether oxygens (including phenoxy) is 1. The number of aryl methyl sites for hydroxylation is 1. The number of aromatic carboxylic acids is 1. The van der Waals surface area contributed by atoms with E-state index in [2.05, 4.69) is 0 Å². The summed E-state index contributed by atoms with van der Waals surface area (Å²) in [7, 11) is 0. The van der Waals surface area contributed by atoms with Crippen molar-refractivity contribution in [1.82, 2.24) is 4.90 Å². The van der Waals surface area contributed by atoms with Crippen molar-refractivity contribution in [2.24, 2.45) is 5.73 Å². The summed E-state index contributed by atoms with van der Waals surface area (Å²) in [4.78, 5) is 25.8. The maximum atomic E-state index is 12.5. The smallest absolute Gasteiger partial charge is 0.669 e. The maximum Gasteiger partial charge on any atom is 1.00 e. The van der Waals surface area contributed by atoms with E-state index in [0.717, 1.165) is 0 Å². The summed E-state index contributed by atoms with van der Waals surface area (Å²) >= 11 is 0. The minimum absolute atomic E-state index is 0. The Kier molecular flexibility index (Phi) is 9.26. The zero-order chi connectivity index (χ0) is 21.5. The Labute approximate surface area is 229 Å². The molecular formula is C20H21BN2Na2O7. The first-order valence-corrected chi connectivity index (χ1v) is 9.67. The van der Waals surface area contributed by atoms with E-state index in [1.807, 2.05) is 6.07 Å². The number of likely N-dealkylation sites (tertiary alicyclic amines) is 1. The van der Waals surface area contributed by atoms with Gasteiger partial charge in [0, 0.05) is 0 Å². The second-order valence-corrected chi connectivity index (χ2v) is 7.60. The van der Waals surface area contributed by atoms with Gasteiger partial charge in [-0.2, -0.15) is 0 Å². The summed E-state index contributed by atoms with van der Waals surface area (Å²) in [6.07, 6.45) is -0.206. The number of rotatable bonds is 5. The van der Waals surface area contributed by atoms with Crippen LogP contribution in [0.1, 0.15) is 27.5 Å². The minimum atomic E-state index is -3.13. The van der Waals surface area contributed by atoms with Gasteiger partial charge in [-0.15, -0.1) is 0 Å². The fourth-order valence-electron chi connectivity index (χ4n) is 3.69. The Morgan fingerprint density at radius 2 is 1.81 bits per heavy atom. The van der Waals surface area contributed by atoms with Crippen molar-refractivity contribution in [3.63, 3.8) is 0 Å². The number of benzene rings is 2. The number of nitrogens with two attached hydrogens (primary N) is 1. The largest absolute Gasteiger partial charge is 1.00 e. The number of fused-ring (bicyclic) bond motifs is 1. The predicted molar refractivity (Wildman–Crippen MR) is 104 cm³/mol. The summed E-state index contributed by atoms with van der Waals surface area (Å²) in [6, 6.07) is 11.3. The third kappa shape index (κ3) is 5.70. The average molecular weight is 458 g/mol. The molecule has 2 aromatic rings. The number of carboxylic acids is 1. The molecule has 0 aliphatic carbocycles. The molecule has 1 amide bonds. The number of amides is 1. The molecule has 2 aliphatic rings. The third-order valence-electron chi connectivity index (χ3n) is 5.38. The van der Waals surface area contributed by atoms with Crippen molar-refractivity contribution in [2.45, 2.75) is 24.9 Å². The van der Waals surface area contributed by atoms with Crippen LogP contribution >= 0.6 is 0 Å². The van der Waals surface area contributed by atoms with Gasteiger partial charge in [0.15, 0.2) is 0 Å². The molecule has 12 heteroatoms. The van der Waals surface area contributed by atoms with Crippen molar-refractivity contribution in [3.8, 4) is 11.5 Å². The molecule has 32 heavy (non-hydrogen) atoms. The van der Waals surface area contributed by atoms with E-state index in [4.69, 9.17) is 15.1 Å². The molecule has 1 fully saturated rings. The molecule has 1 saturated heterocycles. The van der Waals surface area contributed by atoms with Crippen LogP contribution in [-0.2, 0) is 11.2 Å². The van der Waals surface area contributed by atoms with Crippen molar-refractivity contribution >= 4 is 18.6 Å². The molecular weight excluding hydrogens is 437 g/mol. The Balaban J connectivity index is 0.00000181. The van der Waals surface area contributed by atoms with Crippen molar-refractivity contribution < 1.29 is 93.2 Å². The van der Waals surface area contributed by atoms with Crippen LogP contribution in [0.25, 0.3) is 0 Å². The molecule has 1 atom stereocenters. The first-order valence-electron chi connectivity index (χ1n) is 9.67. The van der Waals surface area contributed by atoms with Gasteiger partial charge in [-0.05, 0) is 23.6 Å². The molecule has 2 aliphatic heterocycles. The topological polar surface area (TPSA) is 145 Å². The molecule has 0 radical (unpaired) electrons. The Morgan fingerprint density at radius 1 is 1.16 bits per heavy atom. The standard InChI is InChI=1S/C20H22BN2O7.2Na/c22-17(12-4-2-1-3-5-12)19(24)23-10-14(11-23)29-15-7-6-13-8-9-21(27,28)30-18(13)16(15)20(25)26;;/h1-7,14,17,27-28H,8-11,22H2,(H,25,26);;/q-1;2*+1/p-1/t17-;;/m1../s1. The normalized spacial score (nSPS) is 17.4. The summed E-state index contributed by atoms with van der Waals surface area (Å²) < 4.78 is 10.9. The zero-order valence-electron chi connectivity index (χ0n) is 18.1.